The summed E-state index contributed by atoms with van der Waals surface area (Å²) >= 11 is 0. The first-order chi connectivity index (χ1) is 12.8. The largest absolute Gasteiger partial charge is 0.334 e. The Morgan fingerprint density at radius 2 is 1.89 bits per heavy atom. The molecule has 27 heavy (non-hydrogen) atoms. The molecule has 0 fully saturated rings. The maximum absolute atomic E-state index is 13.8. The summed E-state index contributed by atoms with van der Waals surface area (Å²) in [6, 6.07) is 11.3. The van der Waals surface area contributed by atoms with Gasteiger partial charge in [0.1, 0.15) is 5.82 Å². The van der Waals surface area contributed by atoms with Gasteiger partial charge in [-0.2, -0.15) is 4.98 Å². The van der Waals surface area contributed by atoms with Crippen LogP contribution in [0.15, 0.2) is 51.9 Å². The van der Waals surface area contributed by atoms with Gasteiger partial charge in [0, 0.05) is 20.0 Å². The molecule has 0 saturated carbocycles. The Morgan fingerprint density at radius 3 is 2.59 bits per heavy atom. The van der Waals surface area contributed by atoms with Crippen LogP contribution in [0.25, 0.3) is 11.5 Å². The molecule has 6 nitrogen and oxygen atoms in total. The van der Waals surface area contributed by atoms with E-state index in [9.17, 15) is 12.8 Å². The van der Waals surface area contributed by atoms with E-state index < -0.39 is 15.8 Å². The second-order valence-corrected chi connectivity index (χ2v) is 8.35. The standard InChI is InChI=1S/C19H20FN3O3S/c1-13-8-9-17(14(2)12-13)27(24,25)23(3)11-10-18-21-19(26-22-18)15-6-4-5-7-16(15)20/h4-9,12H,10-11H2,1-3H3. The summed E-state index contributed by atoms with van der Waals surface area (Å²) in [5, 5.41) is 3.82. The molecule has 8 heteroatoms. The molecule has 0 atom stereocenters. The van der Waals surface area contributed by atoms with E-state index in [1.165, 1.54) is 17.4 Å². The van der Waals surface area contributed by atoms with Crippen molar-refractivity contribution < 1.29 is 17.3 Å². The Balaban J connectivity index is 1.72. The minimum absolute atomic E-state index is 0.0722. The van der Waals surface area contributed by atoms with Crippen molar-refractivity contribution in [3.05, 3.63) is 65.2 Å². The first kappa shape index (κ1) is 19.2. The predicted octanol–water partition coefficient (Wildman–Crippen LogP) is 3.36. The first-order valence-corrected chi connectivity index (χ1v) is 9.84. The molecule has 0 bridgehead atoms. The Kier molecular flexibility index (Phi) is 5.38. The van der Waals surface area contributed by atoms with E-state index in [-0.39, 0.29) is 29.3 Å². The lowest BCUT2D eigenvalue weighted by Gasteiger charge is -2.18. The van der Waals surface area contributed by atoms with Gasteiger partial charge in [-0.15, -0.1) is 0 Å². The smallest absolute Gasteiger partial charge is 0.260 e. The number of benzene rings is 2. The molecule has 0 N–H and O–H groups in total. The van der Waals surface area contributed by atoms with E-state index in [0.717, 1.165) is 5.56 Å². The van der Waals surface area contributed by atoms with Crippen LogP contribution in [0.2, 0.25) is 0 Å². The second kappa shape index (κ2) is 7.58. The molecule has 142 valence electrons. The third kappa shape index (κ3) is 4.06. The van der Waals surface area contributed by atoms with Crippen LogP contribution in [-0.2, 0) is 16.4 Å². The fraction of sp³-hybridized carbons (Fsp3) is 0.263. The molecule has 0 saturated heterocycles. The highest BCUT2D eigenvalue weighted by atomic mass is 32.2. The number of likely N-dealkylation sites (N-methyl/N-ethyl adjacent to an activating group) is 1. The van der Waals surface area contributed by atoms with Gasteiger partial charge in [0.2, 0.25) is 10.0 Å². The highest BCUT2D eigenvalue weighted by Gasteiger charge is 2.23. The van der Waals surface area contributed by atoms with Crippen LogP contribution in [0.1, 0.15) is 17.0 Å². The maximum atomic E-state index is 13.8. The molecular formula is C19H20FN3O3S. The summed E-state index contributed by atoms with van der Waals surface area (Å²) in [5.41, 5.74) is 1.91. The average Bonchev–Trinajstić information content (AvgIpc) is 3.08. The lowest BCUT2D eigenvalue weighted by molar-refractivity contribution is 0.413. The van der Waals surface area contributed by atoms with Gasteiger partial charge in [-0.1, -0.05) is 35.0 Å². The summed E-state index contributed by atoms with van der Waals surface area (Å²) in [6.45, 7) is 3.86. The number of hydrogen-bond donors (Lipinski definition) is 0. The van der Waals surface area contributed by atoms with Gasteiger partial charge in [0.15, 0.2) is 5.82 Å². The Hall–Kier alpha value is -2.58. The number of halogens is 1. The first-order valence-electron chi connectivity index (χ1n) is 8.40. The Labute approximate surface area is 157 Å². The van der Waals surface area contributed by atoms with Crippen LogP contribution < -0.4 is 0 Å². The number of sulfonamides is 1. The second-order valence-electron chi connectivity index (χ2n) is 6.34. The zero-order valence-corrected chi connectivity index (χ0v) is 16.1. The van der Waals surface area contributed by atoms with E-state index in [1.807, 2.05) is 13.0 Å². The normalized spacial score (nSPS) is 11.9. The fourth-order valence-electron chi connectivity index (χ4n) is 2.73. The van der Waals surface area contributed by atoms with Crippen molar-refractivity contribution in [3.8, 4) is 11.5 Å². The van der Waals surface area contributed by atoms with Gasteiger partial charge < -0.3 is 4.52 Å². The Morgan fingerprint density at radius 1 is 1.15 bits per heavy atom. The lowest BCUT2D eigenvalue weighted by Crippen LogP contribution is -2.29. The zero-order valence-electron chi connectivity index (χ0n) is 15.3. The highest BCUT2D eigenvalue weighted by molar-refractivity contribution is 7.89. The number of rotatable bonds is 6. The third-order valence-electron chi connectivity index (χ3n) is 4.24. The van der Waals surface area contributed by atoms with Gasteiger partial charge >= 0.3 is 0 Å². The van der Waals surface area contributed by atoms with Crippen LogP contribution in [0.3, 0.4) is 0 Å². The number of aromatic nitrogens is 2. The molecule has 0 spiro atoms. The van der Waals surface area contributed by atoms with Gasteiger partial charge in [-0.25, -0.2) is 17.1 Å². The number of nitrogens with zero attached hydrogens (tertiary/aromatic N) is 3. The summed E-state index contributed by atoms with van der Waals surface area (Å²) in [6.07, 6.45) is 0.249. The summed E-state index contributed by atoms with van der Waals surface area (Å²) in [7, 11) is -2.12. The van der Waals surface area contributed by atoms with Crippen molar-refractivity contribution in [2.45, 2.75) is 25.2 Å². The van der Waals surface area contributed by atoms with Crippen molar-refractivity contribution in [1.29, 1.82) is 0 Å². The molecule has 3 aromatic rings. The van der Waals surface area contributed by atoms with Crippen LogP contribution in [0.5, 0.6) is 0 Å². The Bertz CT molecular complexity index is 1060. The maximum Gasteiger partial charge on any atom is 0.260 e. The lowest BCUT2D eigenvalue weighted by atomic mass is 10.2. The van der Waals surface area contributed by atoms with Crippen molar-refractivity contribution in [3.63, 3.8) is 0 Å². The minimum atomic E-state index is -3.62. The summed E-state index contributed by atoms with van der Waals surface area (Å²) in [5.74, 6) is -0.0684. The molecule has 1 heterocycles. The fourth-order valence-corrected chi connectivity index (χ4v) is 4.11. The zero-order chi connectivity index (χ0) is 19.6. The van der Waals surface area contributed by atoms with E-state index in [0.29, 0.717) is 11.4 Å². The molecule has 0 aliphatic heterocycles. The quantitative estimate of drug-likeness (QED) is 0.646. The third-order valence-corrected chi connectivity index (χ3v) is 6.26. The number of hydrogen-bond acceptors (Lipinski definition) is 5. The molecule has 0 amide bonds. The van der Waals surface area contributed by atoms with Crippen LogP contribution >= 0.6 is 0 Å². The van der Waals surface area contributed by atoms with Gasteiger partial charge in [0.25, 0.3) is 5.89 Å². The van der Waals surface area contributed by atoms with Crippen molar-refractivity contribution in [1.82, 2.24) is 14.4 Å². The van der Waals surface area contributed by atoms with Crippen LogP contribution in [0, 0.1) is 19.7 Å². The molecule has 1 aromatic heterocycles. The van der Waals surface area contributed by atoms with E-state index >= 15 is 0 Å². The van der Waals surface area contributed by atoms with Crippen molar-refractivity contribution in [2.75, 3.05) is 13.6 Å². The van der Waals surface area contributed by atoms with Crippen LogP contribution in [0.4, 0.5) is 4.39 Å². The molecule has 3 rings (SSSR count). The van der Waals surface area contributed by atoms with Crippen LogP contribution in [-0.4, -0.2) is 36.5 Å². The monoisotopic (exact) mass is 389 g/mol. The van der Waals surface area contributed by atoms with Gasteiger partial charge in [-0.05, 0) is 37.6 Å². The SMILES string of the molecule is Cc1ccc(S(=O)(=O)N(C)CCc2noc(-c3ccccc3F)n2)c(C)c1. The molecule has 2 aromatic carbocycles. The van der Waals surface area contributed by atoms with Crippen molar-refractivity contribution in [2.24, 2.45) is 0 Å². The topological polar surface area (TPSA) is 76.3 Å². The molecule has 0 unspecified atom stereocenters. The van der Waals surface area contributed by atoms with E-state index in [2.05, 4.69) is 10.1 Å². The van der Waals surface area contributed by atoms with E-state index in [4.69, 9.17) is 4.52 Å². The predicted molar refractivity (Wildman–Crippen MR) is 99.1 cm³/mol. The number of aryl methyl sites for hydroxylation is 2. The molecule has 0 radical (unpaired) electrons. The molecule has 0 aliphatic carbocycles. The average molecular weight is 389 g/mol. The van der Waals surface area contributed by atoms with Gasteiger partial charge in [-0.3, -0.25) is 0 Å². The molecular weight excluding hydrogens is 369 g/mol. The van der Waals surface area contributed by atoms with Gasteiger partial charge in [0.05, 0.1) is 10.5 Å². The molecule has 0 aliphatic rings. The highest BCUT2D eigenvalue weighted by Crippen LogP contribution is 2.22. The van der Waals surface area contributed by atoms with Crippen molar-refractivity contribution >= 4 is 10.0 Å². The summed E-state index contributed by atoms with van der Waals surface area (Å²) < 4.78 is 45.7. The summed E-state index contributed by atoms with van der Waals surface area (Å²) in [4.78, 5) is 4.43. The minimum Gasteiger partial charge on any atom is -0.334 e. The van der Waals surface area contributed by atoms with E-state index in [1.54, 1.807) is 37.3 Å².